The number of imide groups is 1. The minimum Gasteiger partial charge on any atom is -0.354 e. The van der Waals surface area contributed by atoms with Crippen LogP contribution in [0.1, 0.15) is 12.0 Å². The van der Waals surface area contributed by atoms with Crippen molar-refractivity contribution in [1.82, 2.24) is 20.1 Å². The lowest BCUT2D eigenvalue weighted by atomic mass is 10.1. The first-order valence-corrected chi connectivity index (χ1v) is 8.17. The number of carbonyl (C=O) groups is 3. The van der Waals surface area contributed by atoms with Crippen LogP contribution < -0.4 is 10.6 Å². The van der Waals surface area contributed by atoms with Gasteiger partial charge < -0.3 is 15.2 Å². The predicted molar refractivity (Wildman–Crippen MR) is 91.4 cm³/mol. The first-order valence-electron chi connectivity index (χ1n) is 8.17. The Morgan fingerprint density at radius 3 is 2.52 bits per heavy atom. The standard InChI is InChI=1S/C18H20N4O3/c23-16(19-8-11-21-9-4-5-10-21)12-15-17(24)22(18(25)20-15)13-14-6-2-1-3-7-14/h1-7,9-10,15H,8,11-13H2,(H,19,23)(H,20,25)/t15-/m1/s1. The van der Waals surface area contributed by atoms with Crippen LogP contribution in [0, 0.1) is 0 Å². The third-order valence-corrected chi connectivity index (χ3v) is 4.04. The van der Waals surface area contributed by atoms with Crippen LogP contribution in [-0.2, 0) is 22.7 Å². The Kier molecular flexibility index (Phi) is 5.13. The van der Waals surface area contributed by atoms with Gasteiger partial charge in [-0.2, -0.15) is 0 Å². The van der Waals surface area contributed by atoms with Crippen molar-refractivity contribution >= 4 is 17.8 Å². The molecule has 1 aliphatic heterocycles. The topological polar surface area (TPSA) is 83.4 Å². The molecule has 1 atom stereocenters. The average molecular weight is 340 g/mol. The molecule has 25 heavy (non-hydrogen) atoms. The fraction of sp³-hybridized carbons (Fsp3) is 0.278. The number of urea groups is 1. The van der Waals surface area contributed by atoms with Gasteiger partial charge in [-0.3, -0.25) is 14.5 Å². The highest BCUT2D eigenvalue weighted by atomic mass is 16.2. The van der Waals surface area contributed by atoms with Crippen LogP contribution in [0.5, 0.6) is 0 Å². The average Bonchev–Trinajstić information content (AvgIpc) is 3.20. The van der Waals surface area contributed by atoms with E-state index in [9.17, 15) is 14.4 Å². The van der Waals surface area contributed by atoms with Crippen molar-refractivity contribution in [3.05, 3.63) is 60.4 Å². The summed E-state index contributed by atoms with van der Waals surface area (Å²) < 4.78 is 1.95. The Hall–Kier alpha value is -3.09. The summed E-state index contributed by atoms with van der Waals surface area (Å²) in [6.45, 7) is 1.33. The molecule has 2 aromatic rings. The van der Waals surface area contributed by atoms with E-state index in [1.807, 2.05) is 59.4 Å². The van der Waals surface area contributed by atoms with E-state index in [-0.39, 0.29) is 24.8 Å². The fourth-order valence-corrected chi connectivity index (χ4v) is 2.73. The molecule has 1 fully saturated rings. The highest BCUT2D eigenvalue weighted by Crippen LogP contribution is 2.13. The summed E-state index contributed by atoms with van der Waals surface area (Å²) >= 11 is 0. The Bertz CT molecular complexity index is 743. The van der Waals surface area contributed by atoms with Gasteiger partial charge in [-0.15, -0.1) is 0 Å². The SMILES string of the molecule is O=C(C[C@H]1NC(=O)N(Cc2ccccc2)C1=O)NCCn1cccc1. The van der Waals surface area contributed by atoms with Crippen LogP contribution in [0.25, 0.3) is 0 Å². The molecule has 2 heterocycles. The highest BCUT2D eigenvalue weighted by Gasteiger charge is 2.38. The molecular formula is C18H20N4O3. The quantitative estimate of drug-likeness (QED) is 0.741. The molecule has 0 saturated carbocycles. The smallest absolute Gasteiger partial charge is 0.325 e. The lowest BCUT2D eigenvalue weighted by molar-refractivity contribution is -0.131. The number of amides is 4. The van der Waals surface area contributed by atoms with Crippen molar-refractivity contribution < 1.29 is 14.4 Å². The van der Waals surface area contributed by atoms with Gasteiger partial charge in [-0.1, -0.05) is 30.3 Å². The Morgan fingerprint density at radius 2 is 1.80 bits per heavy atom. The molecule has 7 nitrogen and oxygen atoms in total. The van der Waals surface area contributed by atoms with Gasteiger partial charge in [-0.05, 0) is 17.7 Å². The molecule has 0 aliphatic carbocycles. The molecule has 1 aliphatic rings. The van der Waals surface area contributed by atoms with Crippen LogP contribution in [0.3, 0.4) is 0 Å². The number of carbonyl (C=O) groups excluding carboxylic acids is 3. The summed E-state index contributed by atoms with van der Waals surface area (Å²) in [6, 6.07) is 11.8. The third-order valence-electron chi connectivity index (χ3n) is 4.04. The molecule has 0 bridgehead atoms. The van der Waals surface area contributed by atoms with E-state index in [4.69, 9.17) is 0 Å². The van der Waals surface area contributed by atoms with E-state index in [1.54, 1.807) is 0 Å². The molecule has 4 amide bonds. The Morgan fingerprint density at radius 1 is 1.08 bits per heavy atom. The Balaban J connectivity index is 1.48. The number of hydrogen-bond acceptors (Lipinski definition) is 3. The zero-order valence-electron chi connectivity index (χ0n) is 13.7. The van der Waals surface area contributed by atoms with E-state index >= 15 is 0 Å². The first-order chi connectivity index (χ1) is 12.1. The maximum atomic E-state index is 12.4. The van der Waals surface area contributed by atoms with Crippen LogP contribution in [0.15, 0.2) is 54.9 Å². The largest absolute Gasteiger partial charge is 0.354 e. The number of nitrogens with one attached hydrogen (secondary N) is 2. The maximum Gasteiger partial charge on any atom is 0.325 e. The molecule has 0 radical (unpaired) electrons. The van der Waals surface area contributed by atoms with Gasteiger partial charge >= 0.3 is 6.03 Å². The molecule has 7 heteroatoms. The molecule has 130 valence electrons. The van der Waals surface area contributed by atoms with Crippen molar-refractivity contribution in [2.45, 2.75) is 25.6 Å². The Labute approximate surface area is 145 Å². The number of rotatable bonds is 7. The number of hydrogen-bond donors (Lipinski definition) is 2. The third kappa shape index (κ3) is 4.26. The molecule has 0 unspecified atom stereocenters. The monoisotopic (exact) mass is 340 g/mol. The van der Waals surface area contributed by atoms with Gasteiger partial charge in [0.05, 0.1) is 13.0 Å². The van der Waals surface area contributed by atoms with E-state index in [0.717, 1.165) is 10.5 Å². The minimum absolute atomic E-state index is 0.0540. The maximum absolute atomic E-state index is 12.4. The van der Waals surface area contributed by atoms with Gasteiger partial charge in [0.15, 0.2) is 0 Å². The molecule has 2 N–H and O–H groups in total. The van der Waals surface area contributed by atoms with E-state index in [2.05, 4.69) is 10.6 Å². The van der Waals surface area contributed by atoms with Crippen LogP contribution in [0.4, 0.5) is 4.79 Å². The summed E-state index contributed by atoms with van der Waals surface area (Å²) in [4.78, 5) is 37.5. The highest BCUT2D eigenvalue weighted by molar-refractivity contribution is 6.05. The van der Waals surface area contributed by atoms with Crippen molar-refractivity contribution in [2.24, 2.45) is 0 Å². The van der Waals surface area contributed by atoms with E-state index < -0.39 is 12.1 Å². The lowest BCUT2D eigenvalue weighted by Crippen LogP contribution is -2.37. The van der Waals surface area contributed by atoms with Crippen LogP contribution in [-0.4, -0.2) is 39.9 Å². The molecular weight excluding hydrogens is 320 g/mol. The lowest BCUT2D eigenvalue weighted by Gasteiger charge is -2.13. The minimum atomic E-state index is -0.803. The number of benzene rings is 1. The summed E-state index contributed by atoms with van der Waals surface area (Å²) in [6.07, 6.45) is 3.77. The van der Waals surface area contributed by atoms with Gasteiger partial charge in [-0.25, -0.2) is 4.79 Å². The number of nitrogens with zero attached hydrogens (tertiary/aromatic N) is 2. The van der Waals surface area contributed by atoms with Crippen molar-refractivity contribution in [1.29, 1.82) is 0 Å². The van der Waals surface area contributed by atoms with Gasteiger partial charge in [0.25, 0.3) is 5.91 Å². The summed E-state index contributed by atoms with van der Waals surface area (Å²) in [5.41, 5.74) is 0.864. The second-order valence-electron chi connectivity index (χ2n) is 5.89. The zero-order chi connectivity index (χ0) is 17.6. The van der Waals surface area contributed by atoms with Crippen LogP contribution in [0.2, 0.25) is 0 Å². The van der Waals surface area contributed by atoms with Gasteiger partial charge in [0, 0.05) is 25.5 Å². The predicted octanol–water partition coefficient (Wildman–Crippen LogP) is 1.11. The summed E-state index contributed by atoms with van der Waals surface area (Å²) in [7, 11) is 0. The molecule has 1 aromatic heterocycles. The van der Waals surface area contributed by atoms with Crippen molar-refractivity contribution in [2.75, 3.05) is 6.54 Å². The fourth-order valence-electron chi connectivity index (χ4n) is 2.73. The molecule has 3 rings (SSSR count). The van der Waals surface area contributed by atoms with Gasteiger partial charge in [0.1, 0.15) is 6.04 Å². The van der Waals surface area contributed by atoms with Crippen LogP contribution >= 0.6 is 0 Å². The zero-order valence-corrected chi connectivity index (χ0v) is 13.7. The first kappa shape index (κ1) is 16.8. The summed E-state index contributed by atoms with van der Waals surface area (Å²) in [5, 5.41) is 5.35. The van der Waals surface area contributed by atoms with Gasteiger partial charge in [0.2, 0.25) is 5.91 Å². The van der Waals surface area contributed by atoms with E-state index in [0.29, 0.717) is 13.1 Å². The van der Waals surface area contributed by atoms with E-state index in [1.165, 1.54) is 0 Å². The second-order valence-corrected chi connectivity index (χ2v) is 5.89. The second kappa shape index (κ2) is 7.65. The van der Waals surface area contributed by atoms with Crippen molar-refractivity contribution in [3.63, 3.8) is 0 Å². The van der Waals surface area contributed by atoms with Crippen molar-refractivity contribution in [3.8, 4) is 0 Å². The summed E-state index contributed by atoms with van der Waals surface area (Å²) in [5.74, 6) is -0.623. The molecule has 0 spiro atoms. The molecule has 1 aromatic carbocycles. The normalized spacial score (nSPS) is 16.8. The number of aromatic nitrogens is 1. The molecule has 1 saturated heterocycles.